The number of thiazole rings is 1. The zero-order valence-corrected chi connectivity index (χ0v) is 10.8. The van der Waals surface area contributed by atoms with Crippen molar-refractivity contribution >= 4 is 17.2 Å². The largest absolute Gasteiger partial charge is 0.377 e. The first-order chi connectivity index (χ1) is 8.61. The Balaban J connectivity index is 2.41. The minimum atomic E-state index is -0.527. The van der Waals surface area contributed by atoms with Gasteiger partial charge in [-0.25, -0.2) is 15.0 Å². The van der Waals surface area contributed by atoms with Crippen LogP contribution in [0.15, 0.2) is 12.3 Å². The molecular weight excluding hydrogens is 252 g/mol. The maximum atomic E-state index is 11.1. The molecular formula is C11H12N4O2S. The van der Waals surface area contributed by atoms with Crippen LogP contribution in [0, 0.1) is 6.92 Å². The zero-order chi connectivity index (χ0) is 13.1. The Morgan fingerprint density at radius 1 is 1.50 bits per heavy atom. The topological polar surface area (TPSA) is 91.0 Å². The second-order valence-electron chi connectivity index (χ2n) is 3.59. The Bertz CT molecular complexity index is 582. The molecule has 2 aromatic heterocycles. The van der Waals surface area contributed by atoms with E-state index in [1.165, 1.54) is 11.3 Å². The smallest absolute Gasteiger partial charge is 0.277 e. The summed E-state index contributed by atoms with van der Waals surface area (Å²) in [6.45, 7) is 2.16. The Hall–Kier alpha value is -1.86. The van der Waals surface area contributed by atoms with E-state index < -0.39 is 5.91 Å². The molecule has 0 aromatic carbocycles. The van der Waals surface area contributed by atoms with Crippen molar-refractivity contribution in [1.82, 2.24) is 15.0 Å². The second kappa shape index (κ2) is 5.19. The lowest BCUT2D eigenvalue weighted by Gasteiger charge is -2.01. The molecule has 0 aliphatic heterocycles. The summed E-state index contributed by atoms with van der Waals surface area (Å²) in [5, 5.41) is 0.286. The van der Waals surface area contributed by atoms with Gasteiger partial charge in [0.2, 0.25) is 0 Å². The van der Waals surface area contributed by atoms with E-state index in [2.05, 4.69) is 15.0 Å². The van der Waals surface area contributed by atoms with Crippen LogP contribution < -0.4 is 5.73 Å². The first-order valence-electron chi connectivity index (χ1n) is 5.20. The molecule has 0 bridgehead atoms. The number of primary amides is 1. The van der Waals surface area contributed by atoms with Gasteiger partial charge in [-0.05, 0) is 13.0 Å². The van der Waals surface area contributed by atoms with Crippen LogP contribution in [0.4, 0.5) is 0 Å². The van der Waals surface area contributed by atoms with E-state index >= 15 is 0 Å². The van der Waals surface area contributed by atoms with Crippen molar-refractivity contribution in [2.75, 3.05) is 7.11 Å². The number of amides is 1. The maximum absolute atomic E-state index is 11.1. The van der Waals surface area contributed by atoms with Gasteiger partial charge in [-0.3, -0.25) is 4.79 Å². The van der Waals surface area contributed by atoms with Gasteiger partial charge in [-0.15, -0.1) is 11.3 Å². The molecule has 0 radical (unpaired) electrons. The summed E-state index contributed by atoms with van der Waals surface area (Å²) in [7, 11) is 1.58. The number of carbonyl (C=O) groups excluding carboxylic acids is 1. The van der Waals surface area contributed by atoms with E-state index in [9.17, 15) is 4.79 Å². The molecule has 18 heavy (non-hydrogen) atoms. The van der Waals surface area contributed by atoms with Crippen LogP contribution in [0.1, 0.15) is 21.3 Å². The van der Waals surface area contributed by atoms with Crippen LogP contribution in [0.3, 0.4) is 0 Å². The van der Waals surface area contributed by atoms with Crippen LogP contribution >= 0.6 is 11.3 Å². The summed E-state index contributed by atoms with van der Waals surface area (Å²) in [6.07, 6.45) is 1.65. The molecule has 7 heteroatoms. The maximum Gasteiger partial charge on any atom is 0.277 e. The minimum absolute atomic E-state index is 0.286. The Kier molecular flexibility index (Phi) is 3.63. The molecule has 0 fully saturated rings. The second-order valence-corrected chi connectivity index (χ2v) is 4.59. The van der Waals surface area contributed by atoms with E-state index in [4.69, 9.17) is 10.5 Å². The Labute approximate surface area is 108 Å². The summed E-state index contributed by atoms with van der Waals surface area (Å²) in [6, 6.07) is 1.77. The van der Waals surface area contributed by atoms with Gasteiger partial charge in [0, 0.05) is 13.3 Å². The van der Waals surface area contributed by atoms with Crippen molar-refractivity contribution in [3.8, 4) is 10.6 Å². The molecule has 2 rings (SSSR count). The molecule has 1 amide bonds. The number of rotatable bonds is 4. The van der Waals surface area contributed by atoms with E-state index in [1.807, 2.05) is 6.92 Å². The fraction of sp³-hybridized carbons (Fsp3) is 0.273. The standard InChI is InChI=1S/C11H12N4O2S/c1-6-9(18-11(14-6)10(12)16)7-3-4-13-8(15-7)5-17-2/h3-4H,5H2,1-2H3,(H2,12,16). The third-order valence-electron chi connectivity index (χ3n) is 2.22. The lowest BCUT2D eigenvalue weighted by molar-refractivity contribution is 0.1000. The van der Waals surface area contributed by atoms with Gasteiger partial charge in [-0.1, -0.05) is 0 Å². The highest BCUT2D eigenvalue weighted by molar-refractivity contribution is 7.17. The SMILES string of the molecule is COCc1nccc(-c2sc(C(N)=O)nc2C)n1. The van der Waals surface area contributed by atoms with Crippen LogP contribution in [-0.2, 0) is 11.3 Å². The van der Waals surface area contributed by atoms with Crippen molar-refractivity contribution in [1.29, 1.82) is 0 Å². The van der Waals surface area contributed by atoms with Crippen molar-refractivity contribution in [3.63, 3.8) is 0 Å². The number of aryl methyl sites for hydroxylation is 1. The zero-order valence-electron chi connectivity index (χ0n) is 10.0. The fourth-order valence-corrected chi connectivity index (χ4v) is 2.35. The van der Waals surface area contributed by atoms with E-state index in [-0.39, 0.29) is 5.01 Å². The number of nitrogens with zero attached hydrogens (tertiary/aromatic N) is 3. The molecule has 0 aliphatic carbocycles. The highest BCUT2D eigenvalue weighted by Gasteiger charge is 2.14. The molecule has 0 saturated heterocycles. The van der Waals surface area contributed by atoms with E-state index in [0.29, 0.717) is 12.4 Å². The van der Waals surface area contributed by atoms with Gasteiger partial charge in [0.25, 0.3) is 5.91 Å². The molecule has 0 spiro atoms. The van der Waals surface area contributed by atoms with E-state index in [1.54, 1.807) is 19.4 Å². The molecule has 6 nitrogen and oxygen atoms in total. The van der Waals surface area contributed by atoms with Crippen LogP contribution in [0.2, 0.25) is 0 Å². The quantitative estimate of drug-likeness (QED) is 0.894. The molecule has 0 unspecified atom stereocenters. The Morgan fingerprint density at radius 3 is 2.89 bits per heavy atom. The number of hydrogen-bond donors (Lipinski definition) is 1. The number of carbonyl (C=O) groups is 1. The van der Waals surface area contributed by atoms with Crippen LogP contribution in [0.5, 0.6) is 0 Å². The third kappa shape index (κ3) is 2.52. The predicted octanol–water partition coefficient (Wildman–Crippen LogP) is 1.15. The fourth-order valence-electron chi connectivity index (χ4n) is 1.46. The molecule has 0 aliphatic rings. The monoisotopic (exact) mass is 264 g/mol. The van der Waals surface area contributed by atoms with Crippen LogP contribution in [-0.4, -0.2) is 28.0 Å². The van der Waals surface area contributed by atoms with Crippen molar-refractivity contribution in [2.45, 2.75) is 13.5 Å². The molecule has 2 aromatic rings. The summed E-state index contributed by atoms with van der Waals surface area (Å²) in [5.74, 6) is 0.0592. The normalized spacial score (nSPS) is 10.6. The van der Waals surface area contributed by atoms with Gasteiger partial charge in [0.15, 0.2) is 10.8 Å². The number of hydrogen-bond acceptors (Lipinski definition) is 6. The Morgan fingerprint density at radius 2 is 2.28 bits per heavy atom. The summed E-state index contributed by atoms with van der Waals surface area (Å²) in [5.41, 5.74) is 6.66. The minimum Gasteiger partial charge on any atom is -0.377 e. The highest BCUT2D eigenvalue weighted by atomic mass is 32.1. The van der Waals surface area contributed by atoms with Gasteiger partial charge in [0.05, 0.1) is 16.3 Å². The summed E-state index contributed by atoms with van der Waals surface area (Å²) in [4.78, 5) is 24.5. The van der Waals surface area contributed by atoms with Gasteiger partial charge in [0.1, 0.15) is 6.61 Å². The third-order valence-corrected chi connectivity index (χ3v) is 3.41. The molecule has 0 saturated carbocycles. The summed E-state index contributed by atoms with van der Waals surface area (Å²) < 4.78 is 4.98. The number of aromatic nitrogens is 3. The number of methoxy groups -OCH3 is 1. The highest BCUT2D eigenvalue weighted by Crippen LogP contribution is 2.28. The first-order valence-corrected chi connectivity index (χ1v) is 6.02. The van der Waals surface area contributed by atoms with E-state index in [0.717, 1.165) is 16.3 Å². The first kappa shape index (κ1) is 12.6. The lowest BCUT2D eigenvalue weighted by Crippen LogP contribution is -2.10. The molecule has 2 heterocycles. The van der Waals surface area contributed by atoms with Crippen molar-refractivity contribution in [2.24, 2.45) is 5.73 Å². The molecule has 2 N–H and O–H groups in total. The number of ether oxygens (including phenoxy) is 1. The average molecular weight is 264 g/mol. The van der Waals surface area contributed by atoms with Gasteiger partial charge < -0.3 is 10.5 Å². The number of nitrogens with two attached hydrogens (primary N) is 1. The predicted molar refractivity (Wildman–Crippen MR) is 67.1 cm³/mol. The average Bonchev–Trinajstić information content (AvgIpc) is 2.72. The van der Waals surface area contributed by atoms with Crippen LogP contribution in [0.25, 0.3) is 10.6 Å². The van der Waals surface area contributed by atoms with Crippen molar-refractivity contribution < 1.29 is 9.53 Å². The van der Waals surface area contributed by atoms with Crippen molar-refractivity contribution in [3.05, 3.63) is 28.8 Å². The summed E-state index contributed by atoms with van der Waals surface area (Å²) >= 11 is 1.23. The van der Waals surface area contributed by atoms with Gasteiger partial charge >= 0.3 is 0 Å². The molecule has 0 atom stereocenters. The molecule has 94 valence electrons. The van der Waals surface area contributed by atoms with Gasteiger partial charge in [-0.2, -0.15) is 0 Å². The lowest BCUT2D eigenvalue weighted by atomic mass is 10.3.